The molecular weight excluding hydrogens is 196 g/mol. The molecule has 3 N–H and O–H groups in total. The van der Waals surface area contributed by atoms with Crippen molar-refractivity contribution < 1.29 is 9.90 Å². The van der Waals surface area contributed by atoms with E-state index in [4.69, 9.17) is 10.4 Å². The standard InChI is InChI=1S/C9H12N4O2/c10-2-1-3-12-8(9(14)15)4-7-5-11-6-13-7/h5-6,8,12H,1,3-4H2,(H,11,13)(H,14,15)/t8-/m0/s1. The summed E-state index contributed by atoms with van der Waals surface area (Å²) < 4.78 is 0. The van der Waals surface area contributed by atoms with Crippen LogP contribution in [0.5, 0.6) is 0 Å². The van der Waals surface area contributed by atoms with Crippen molar-refractivity contribution in [3.63, 3.8) is 0 Å². The number of nitrogens with one attached hydrogen (secondary N) is 2. The molecule has 80 valence electrons. The number of imidazole rings is 1. The van der Waals surface area contributed by atoms with Gasteiger partial charge in [-0.3, -0.25) is 4.79 Å². The number of nitriles is 1. The average Bonchev–Trinajstić information content (AvgIpc) is 2.69. The molecule has 0 aliphatic heterocycles. The van der Waals surface area contributed by atoms with Crippen molar-refractivity contribution in [3.8, 4) is 6.07 Å². The summed E-state index contributed by atoms with van der Waals surface area (Å²) in [5, 5.41) is 20.0. The fraction of sp³-hybridized carbons (Fsp3) is 0.444. The summed E-state index contributed by atoms with van der Waals surface area (Å²) >= 11 is 0. The Morgan fingerprint density at radius 2 is 2.60 bits per heavy atom. The van der Waals surface area contributed by atoms with Crippen molar-refractivity contribution in [1.29, 1.82) is 5.26 Å². The van der Waals surface area contributed by atoms with Crippen LogP contribution in [-0.4, -0.2) is 33.6 Å². The molecule has 0 bridgehead atoms. The molecule has 0 unspecified atom stereocenters. The number of nitrogens with zero attached hydrogens (tertiary/aromatic N) is 2. The summed E-state index contributed by atoms with van der Waals surface area (Å²) in [4.78, 5) is 17.5. The molecule has 0 aromatic carbocycles. The number of hydrogen-bond donors (Lipinski definition) is 3. The van der Waals surface area contributed by atoms with Gasteiger partial charge in [-0.1, -0.05) is 0 Å². The number of aliphatic carboxylic acids is 1. The third kappa shape index (κ3) is 3.79. The smallest absolute Gasteiger partial charge is 0.321 e. The van der Waals surface area contributed by atoms with E-state index in [1.165, 1.54) is 6.33 Å². The van der Waals surface area contributed by atoms with Gasteiger partial charge in [0.15, 0.2) is 0 Å². The van der Waals surface area contributed by atoms with Gasteiger partial charge in [0.05, 0.1) is 12.4 Å². The van der Waals surface area contributed by atoms with Gasteiger partial charge in [0.1, 0.15) is 6.04 Å². The maximum absolute atomic E-state index is 10.8. The summed E-state index contributed by atoms with van der Waals surface area (Å²) in [7, 11) is 0. The molecular formula is C9H12N4O2. The van der Waals surface area contributed by atoms with Crippen molar-refractivity contribution in [2.24, 2.45) is 0 Å². The molecule has 1 aromatic heterocycles. The minimum atomic E-state index is -0.928. The molecule has 15 heavy (non-hydrogen) atoms. The Morgan fingerprint density at radius 1 is 1.80 bits per heavy atom. The number of rotatable bonds is 6. The van der Waals surface area contributed by atoms with Crippen LogP contribution in [0.15, 0.2) is 12.5 Å². The third-order valence-electron chi connectivity index (χ3n) is 1.90. The molecule has 0 aliphatic carbocycles. The van der Waals surface area contributed by atoms with E-state index in [-0.39, 0.29) is 0 Å². The lowest BCUT2D eigenvalue weighted by Crippen LogP contribution is -2.39. The van der Waals surface area contributed by atoms with Crippen molar-refractivity contribution in [3.05, 3.63) is 18.2 Å². The van der Waals surface area contributed by atoms with Gasteiger partial charge in [-0.05, 0) is 0 Å². The molecule has 0 radical (unpaired) electrons. The Kier molecular flexibility index (Phi) is 4.31. The zero-order chi connectivity index (χ0) is 11.1. The highest BCUT2D eigenvalue weighted by atomic mass is 16.4. The maximum Gasteiger partial charge on any atom is 0.321 e. The molecule has 1 aromatic rings. The van der Waals surface area contributed by atoms with Gasteiger partial charge >= 0.3 is 5.97 Å². The van der Waals surface area contributed by atoms with E-state index >= 15 is 0 Å². The Morgan fingerprint density at radius 3 is 3.13 bits per heavy atom. The zero-order valence-electron chi connectivity index (χ0n) is 8.10. The van der Waals surface area contributed by atoms with E-state index in [1.54, 1.807) is 6.20 Å². The summed E-state index contributed by atoms with van der Waals surface area (Å²) in [5.41, 5.74) is 0.756. The van der Waals surface area contributed by atoms with Crippen LogP contribution in [0.2, 0.25) is 0 Å². The highest BCUT2D eigenvalue weighted by Crippen LogP contribution is 1.98. The fourth-order valence-electron chi connectivity index (χ4n) is 1.17. The molecule has 0 spiro atoms. The molecule has 6 nitrogen and oxygen atoms in total. The maximum atomic E-state index is 10.8. The molecule has 0 aliphatic rings. The number of carboxylic acids is 1. The number of carboxylic acid groups (broad SMARTS) is 1. The first kappa shape index (κ1) is 11.2. The average molecular weight is 208 g/mol. The molecule has 6 heteroatoms. The number of aromatic nitrogens is 2. The van der Waals surface area contributed by atoms with Gasteiger partial charge < -0.3 is 15.4 Å². The van der Waals surface area contributed by atoms with E-state index in [0.717, 1.165) is 5.69 Å². The number of carbonyl (C=O) groups is 1. The van der Waals surface area contributed by atoms with Crippen molar-refractivity contribution in [2.45, 2.75) is 18.9 Å². The molecule has 0 amide bonds. The van der Waals surface area contributed by atoms with E-state index < -0.39 is 12.0 Å². The fourth-order valence-corrected chi connectivity index (χ4v) is 1.17. The lowest BCUT2D eigenvalue weighted by molar-refractivity contribution is -0.139. The van der Waals surface area contributed by atoms with Gasteiger partial charge in [0, 0.05) is 31.3 Å². The first-order valence-electron chi connectivity index (χ1n) is 4.54. The normalized spacial score (nSPS) is 11.9. The van der Waals surface area contributed by atoms with Crippen LogP contribution in [0.25, 0.3) is 0 Å². The summed E-state index contributed by atoms with van der Waals surface area (Å²) in [6.07, 6.45) is 3.72. The van der Waals surface area contributed by atoms with Crippen LogP contribution >= 0.6 is 0 Å². The largest absolute Gasteiger partial charge is 0.480 e. The van der Waals surface area contributed by atoms with E-state index in [1.807, 2.05) is 6.07 Å². The molecule has 1 atom stereocenters. The monoisotopic (exact) mass is 208 g/mol. The molecule has 0 fully saturated rings. The van der Waals surface area contributed by atoms with Crippen LogP contribution in [0.3, 0.4) is 0 Å². The molecule has 0 saturated heterocycles. The van der Waals surface area contributed by atoms with Crippen molar-refractivity contribution in [2.75, 3.05) is 6.54 Å². The molecule has 1 heterocycles. The Bertz CT molecular complexity index is 341. The third-order valence-corrected chi connectivity index (χ3v) is 1.90. The van der Waals surface area contributed by atoms with Gasteiger partial charge in [-0.2, -0.15) is 5.26 Å². The SMILES string of the molecule is N#CCCN[C@@H](Cc1cnc[nH]1)C(=O)O. The minimum absolute atomic E-state index is 0.298. The second kappa shape index (κ2) is 5.78. The molecule has 0 saturated carbocycles. The van der Waals surface area contributed by atoms with Crippen LogP contribution in [-0.2, 0) is 11.2 Å². The predicted octanol–water partition coefficient (Wildman–Crippen LogP) is -0.0913. The van der Waals surface area contributed by atoms with Gasteiger partial charge in [0.25, 0.3) is 0 Å². The summed E-state index contributed by atoms with van der Waals surface area (Å²) in [5.74, 6) is -0.928. The molecule has 1 rings (SSSR count). The van der Waals surface area contributed by atoms with Crippen LogP contribution in [0.1, 0.15) is 12.1 Å². The second-order valence-electron chi connectivity index (χ2n) is 3.03. The lowest BCUT2D eigenvalue weighted by atomic mass is 10.1. The van der Waals surface area contributed by atoms with E-state index in [9.17, 15) is 4.79 Å². The predicted molar refractivity (Wildman–Crippen MR) is 51.9 cm³/mol. The van der Waals surface area contributed by atoms with Crippen LogP contribution in [0, 0.1) is 11.3 Å². The Labute approximate surface area is 86.9 Å². The quantitative estimate of drug-likeness (QED) is 0.567. The summed E-state index contributed by atoms with van der Waals surface area (Å²) in [6, 6.07) is 1.26. The van der Waals surface area contributed by atoms with Crippen LogP contribution < -0.4 is 5.32 Å². The van der Waals surface area contributed by atoms with Gasteiger partial charge in [-0.25, -0.2) is 4.98 Å². The first-order chi connectivity index (χ1) is 7.24. The second-order valence-corrected chi connectivity index (χ2v) is 3.03. The number of hydrogen-bond acceptors (Lipinski definition) is 4. The highest BCUT2D eigenvalue weighted by Gasteiger charge is 2.17. The van der Waals surface area contributed by atoms with Gasteiger partial charge in [-0.15, -0.1) is 0 Å². The number of H-pyrrole nitrogens is 1. The number of aromatic amines is 1. The van der Waals surface area contributed by atoms with Crippen molar-refractivity contribution in [1.82, 2.24) is 15.3 Å². The summed E-state index contributed by atoms with van der Waals surface area (Å²) in [6.45, 7) is 0.377. The van der Waals surface area contributed by atoms with E-state index in [0.29, 0.717) is 19.4 Å². The lowest BCUT2D eigenvalue weighted by Gasteiger charge is -2.11. The zero-order valence-corrected chi connectivity index (χ0v) is 8.10. The topological polar surface area (TPSA) is 102 Å². The Balaban J connectivity index is 2.45. The first-order valence-corrected chi connectivity index (χ1v) is 4.54. The van der Waals surface area contributed by atoms with E-state index in [2.05, 4.69) is 15.3 Å². The van der Waals surface area contributed by atoms with Crippen molar-refractivity contribution >= 4 is 5.97 Å². The van der Waals surface area contributed by atoms with Crippen LogP contribution in [0.4, 0.5) is 0 Å². The minimum Gasteiger partial charge on any atom is -0.480 e. The highest BCUT2D eigenvalue weighted by molar-refractivity contribution is 5.73. The van der Waals surface area contributed by atoms with Gasteiger partial charge in [0.2, 0.25) is 0 Å². The Hall–Kier alpha value is -1.87.